The van der Waals surface area contributed by atoms with Crippen LogP contribution in [0, 0.1) is 0 Å². The average Bonchev–Trinajstić information content (AvgIpc) is 2.90. The Hall–Kier alpha value is -1.40. The van der Waals surface area contributed by atoms with Crippen LogP contribution in [-0.2, 0) is 25.5 Å². The van der Waals surface area contributed by atoms with Gasteiger partial charge in [-0.3, -0.25) is 4.79 Å². The molecule has 1 amide bonds. The maximum atomic E-state index is 12.2. The fraction of sp³-hybridized carbons (Fsp3) is 0.500. The van der Waals surface area contributed by atoms with Crippen molar-refractivity contribution in [2.45, 2.75) is 12.5 Å². The van der Waals surface area contributed by atoms with Gasteiger partial charge in [-0.15, -0.1) is 0 Å². The van der Waals surface area contributed by atoms with Crippen molar-refractivity contribution in [2.24, 2.45) is 0 Å². The first-order valence-electron chi connectivity index (χ1n) is 5.68. The van der Waals surface area contributed by atoms with Gasteiger partial charge in [-0.05, 0) is 22.4 Å². The van der Waals surface area contributed by atoms with Crippen LogP contribution in [0.25, 0.3) is 0 Å². The fourth-order valence-corrected chi connectivity index (χ4v) is 2.57. The Morgan fingerprint density at radius 1 is 1.61 bits per heavy atom. The molecule has 1 saturated heterocycles. The maximum Gasteiger partial charge on any atom is 0.331 e. The molecule has 1 fully saturated rings. The van der Waals surface area contributed by atoms with Gasteiger partial charge in [-0.25, -0.2) is 4.79 Å². The molecule has 0 bridgehead atoms. The molecule has 0 N–H and O–H groups in total. The molecule has 1 unspecified atom stereocenters. The Bertz CT molecular complexity index is 418. The van der Waals surface area contributed by atoms with E-state index in [9.17, 15) is 9.59 Å². The zero-order chi connectivity index (χ0) is 13.0. The highest BCUT2D eigenvalue weighted by molar-refractivity contribution is 7.07. The van der Waals surface area contributed by atoms with Gasteiger partial charge >= 0.3 is 5.97 Å². The molecular formula is C12H15NO4S. The number of esters is 1. The quantitative estimate of drug-likeness (QED) is 0.758. The number of rotatable bonds is 3. The first kappa shape index (κ1) is 13.0. The number of hydrogen-bond acceptors (Lipinski definition) is 5. The minimum absolute atomic E-state index is 0.0629. The average molecular weight is 269 g/mol. The summed E-state index contributed by atoms with van der Waals surface area (Å²) in [6, 6.07) is 1.30. The molecule has 2 rings (SSSR count). The summed E-state index contributed by atoms with van der Waals surface area (Å²) in [7, 11) is 1.32. The zero-order valence-electron chi connectivity index (χ0n) is 10.1. The minimum Gasteiger partial charge on any atom is -0.467 e. The summed E-state index contributed by atoms with van der Waals surface area (Å²) in [6.07, 6.45) is 0.316. The van der Waals surface area contributed by atoms with Crippen LogP contribution in [0.4, 0.5) is 0 Å². The van der Waals surface area contributed by atoms with Gasteiger partial charge in [0.05, 0.1) is 26.7 Å². The summed E-state index contributed by atoms with van der Waals surface area (Å²) in [5.41, 5.74) is 0.972. The van der Waals surface area contributed by atoms with Crippen LogP contribution >= 0.6 is 11.3 Å². The Balaban J connectivity index is 2.04. The number of methoxy groups -OCH3 is 1. The molecule has 0 spiro atoms. The van der Waals surface area contributed by atoms with Crippen LogP contribution in [0.3, 0.4) is 0 Å². The van der Waals surface area contributed by atoms with Crippen molar-refractivity contribution in [1.82, 2.24) is 4.90 Å². The van der Waals surface area contributed by atoms with Crippen molar-refractivity contribution in [3.63, 3.8) is 0 Å². The van der Waals surface area contributed by atoms with Crippen molar-refractivity contribution in [2.75, 3.05) is 26.9 Å². The Morgan fingerprint density at radius 2 is 2.44 bits per heavy atom. The standard InChI is InChI=1S/C12H15NO4S/c1-16-12(15)10-7-17-4-3-13(10)11(14)6-9-2-5-18-8-9/h2,5,8,10H,3-4,6-7H2,1H3. The molecule has 0 aromatic carbocycles. The van der Waals surface area contributed by atoms with Gasteiger partial charge < -0.3 is 14.4 Å². The summed E-state index contributed by atoms with van der Waals surface area (Å²) < 4.78 is 9.92. The molecule has 18 heavy (non-hydrogen) atoms. The highest BCUT2D eigenvalue weighted by Gasteiger charge is 2.33. The molecule has 2 heterocycles. The summed E-state index contributed by atoms with van der Waals surface area (Å²) in [6.45, 7) is 1.10. The van der Waals surface area contributed by atoms with E-state index in [1.807, 2.05) is 16.8 Å². The van der Waals surface area contributed by atoms with Gasteiger partial charge in [0, 0.05) is 6.54 Å². The lowest BCUT2D eigenvalue weighted by atomic mass is 10.1. The number of hydrogen-bond donors (Lipinski definition) is 0. The molecule has 0 radical (unpaired) electrons. The molecule has 1 aromatic rings. The van der Waals surface area contributed by atoms with Crippen LogP contribution in [0.5, 0.6) is 0 Å². The highest BCUT2D eigenvalue weighted by atomic mass is 32.1. The van der Waals surface area contributed by atoms with E-state index in [2.05, 4.69) is 0 Å². The number of carbonyl (C=O) groups excluding carboxylic acids is 2. The Labute approximate surface area is 109 Å². The first-order chi connectivity index (χ1) is 8.72. The Morgan fingerprint density at radius 3 is 3.11 bits per heavy atom. The molecule has 1 aliphatic heterocycles. The molecular weight excluding hydrogens is 254 g/mol. The molecule has 1 aromatic heterocycles. The van der Waals surface area contributed by atoms with Crippen molar-refractivity contribution in [3.8, 4) is 0 Å². The van der Waals surface area contributed by atoms with Gasteiger partial charge in [-0.2, -0.15) is 11.3 Å². The van der Waals surface area contributed by atoms with Crippen LogP contribution in [0.2, 0.25) is 0 Å². The van der Waals surface area contributed by atoms with E-state index in [4.69, 9.17) is 9.47 Å². The summed E-state index contributed by atoms with van der Waals surface area (Å²) in [4.78, 5) is 25.3. The van der Waals surface area contributed by atoms with Gasteiger partial charge in [0.2, 0.25) is 5.91 Å². The second kappa shape index (κ2) is 5.97. The molecule has 1 atom stereocenters. The SMILES string of the molecule is COC(=O)C1COCCN1C(=O)Cc1ccsc1. The van der Waals surface area contributed by atoms with E-state index in [0.717, 1.165) is 5.56 Å². The highest BCUT2D eigenvalue weighted by Crippen LogP contribution is 2.13. The summed E-state index contributed by atoms with van der Waals surface area (Å²) >= 11 is 1.55. The van der Waals surface area contributed by atoms with Crippen LogP contribution in [0.15, 0.2) is 16.8 Å². The minimum atomic E-state index is -0.616. The smallest absolute Gasteiger partial charge is 0.331 e. The Kier molecular flexibility index (Phi) is 4.33. The second-order valence-corrected chi connectivity index (χ2v) is 4.79. The van der Waals surface area contributed by atoms with E-state index < -0.39 is 12.0 Å². The molecule has 0 saturated carbocycles. The number of thiophene rings is 1. The number of nitrogens with zero attached hydrogens (tertiary/aromatic N) is 1. The molecule has 0 aliphatic carbocycles. The lowest BCUT2D eigenvalue weighted by molar-refractivity contribution is -0.160. The van der Waals surface area contributed by atoms with Crippen molar-refractivity contribution >= 4 is 23.2 Å². The van der Waals surface area contributed by atoms with E-state index in [1.165, 1.54) is 7.11 Å². The monoisotopic (exact) mass is 269 g/mol. The van der Waals surface area contributed by atoms with Crippen molar-refractivity contribution in [1.29, 1.82) is 0 Å². The number of amides is 1. The van der Waals surface area contributed by atoms with Crippen LogP contribution in [0.1, 0.15) is 5.56 Å². The predicted molar refractivity (Wildman–Crippen MR) is 66.4 cm³/mol. The first-order valence-corrected chi connectivity index (χ1v) is 6.62. The third-order valence-electron chi connectivity index (χ3n) is 2.86. The van der Waals surface area contributed by atoms with E-state index in [1.54, 1.807) is 16.2 Å². The van der Waals surface area contributed by atoms with Crippen LogP contribution < -0.4 is 0 Å². The van der Waals surface area contributed by atoms with Gasteiger partial charge in [0.1, 0.15) is 0 Å². The lowest BCUT2D eigenvalue weighted by Crippen LogP contribution is -2.53. The molecule has 6 heteroatoms. The molecule has 5 nitrogen and oxygen atoms in total. The molecule has 1 aliphatic rings. The van der Waals surface area contributed by atoms with Gasteiger partial charge in [-0.1, -0.05) is 0 Å². The maximum absolute atomic E-state index is 12.2. The van der Waals surface area contributed by atoms with Gasteiger partial charge in [0.25, 0.3) is 0 Å². The van der Waals surface area contributed by atoms with Gasteiger partial charge in [0.15, 0.2) is 6.04 Å². The normalized spacial score (nSPS) is 19.6. The molecule has 98 valence electrons. The van der Waals surface area contributed by atoms with Crippen molar-refractivity contribution in [3.05, 3.63) is 22.4 Å². The number of carbonyl (C=O) groups is 2. The van der Waals surface area contributed by atoms with Crippen molar-refractivity contribution < 1.29 is 19.1 Å². The second-order valence-electron chi connectivity index (χ2n) is 4.01. The number of ether oxygens (including phenoxy) is 2. The summed E-state index contributed by atoms with van der Waals surface area (Å²) in [5, 5.41) is 3.87. The largest absolute Gasteiger partial charge is 0.467 e. The zero-order valence-corrected chi connectivity index (χ0v) is 10.9. The van der Waals surface area contributed by atoms with E-state index in [-0.39, 0.29) is 12.5 Å². The van der Waals surface area contributed by atoms with E-state index in [0.29, 0.717) is 19.6 Å². The topological polar surface area (TPSA) is 55.8 Å². The third-order valence-corrected chi connectivity index (χ3v) is 3.59. The number of morpholine rings is 1. The lowest BCUT2D eigenvalue weighted by Gasteiger charge is -2.33. The van der Waals surface area contributed by atoms with E-state index >= 15 is 0 Å². The van der Waals surface area contributed by atoms with Crippen LogP contribution in [-0.4, -0.2) is 49.7 Å². The third kappa shape index (κ3) is 2.88. The summed E-state index contributed by atoms with van der Waals surface area (Å²) in [5.74, 6) is -0.486. The fourth-order valence-electron chi connectivity index (χ4n) is 1.90. The predicted octanol–water partition coefficient (Wildman–Crippen LogP) is 0.691.